The maximum Gasteiger partial charge on any atom is 0.255 e. The molecule has 2 saturated carbocycles. The van der Waals surface area contributed by atoms with Gasteiger partial charge in [0, 0.05) is 45.7 Å². The second-order valence-corrected chi connectivity index (χ2v) is 11.8. The highest BCUT2D eigenvalue weighted by Crippen LogP contribution is 2.28. The van der Waals surface area contributed by atoms with Crippen LogP contribution in [0.5, 0.6) is 0 Å². The first-order valence-electron chi connectivity index (χ1n) is 15.2. The van der Waals surface area contributed by atoms with Gasteiger partial charge in [-0.2, -0.15) is 0 Å². The Hall–Kier alpha value is -4.46. The van der Waals surface area contributed by atoms with Gasteiger partial charge in [0.25, 0.3) is 11.8 Å². The summed E-state index contributed by atoms with van der Waals surface area (Å²) in [7, 11) is 0. The van der Waals surface area contributed by atoms with Crippen LogP contribution >= 0.6 is 0 Å². The largest absolute Gasteiger partial charge is 0.365 e. The van der Waals surface area contributed by atoms with Crippen LogP contribution in [0.1, 0.15) is 83.2 Å². The molecule has 42 heavy (non-hydrogen) atoms. The predicted molar refractivity (Wildman–Crippen MR) is 167 cm³/mol. The van der Waals surface area contributed by atoms with Crippen LogP contribution in [-0.4, -0.2) is 47.7 Å². The molecule has 2 aliphatic heterocycles. The molecule has 2 amide bonds. The molecule has 3 aromatic rings. The number of nitrogens with one attached hydrogen (secondary N) is 4. The summed E-state index contributed by atoms with van der Waals surface area (Å²) >= 11 is 0. The molecule has 4 aliphatic rings. The molecule has 2 heterocycles. The van der Waals surface area contributed by atoms with Crippen molar-refractivity contribution in [1.29, 1.82) is 0 Å². The SMILES string of the molecule is O=C(Nc1ccc(C2=N[C@@H]3CCCC[C@@H]3N2)cc1)c1ccc(C(=O)Nc2ccc(C3=N[C@@H]4CCCC[C@H]4N3)cc2)cc1. The number of aliphatic imine (C=N–C) groups is 2. The van der Waals surface area contributed by atoms with Crippen molar-refractivity contribution in [1.82, 2.24) is 10.6 Å². The number of benzene rings is 3. The average molecular weight is 561 g/mol. The smallest absolute Gasteiger partial charge is 0.255 e. The summed E-state index contributed by atoms with van der Waals surface area (Å²) < 4.78 is 0. The van der Waals surface area contributed by atoms with E-state index in [4.69, 9.17) is 9.98 Å². The molecule has 3 aromatic carbocycles. The van der Waals surface area contributed by atoms with Gasteiger partial charge in [-0.15, -0.1) is 0 Å². The molecule has 8 heteroatoms. The third kappa shape index (κ3) is 5.53. The van der Waals surface area contributed by atoms with Gasteiger partial charge in [0.1, 0.15) is 11.7 Å². The van der Waals surface area contributed by atoms with E-state index in [1.807, 2.05) is 48.5 Å². The molecular formula is C34H36N6O2. The first kappa shape index (κ1) is 26.4. The topological polar surface area (TPSA) is 107 Å². The number of amides is 2. The average Bonchev–Trinajstić information content (AvgIpc) is 3.67. The van der Waals surface area contributed by atoms with E-state index in [1.165, 1.54) is 38.5 Å². The van der Waals surface area contributed by atoms with E-state index >= 15 is 0 Å². The maximum atomic E-state index is 12.9. The van der Waals surface area contributed by atoms with Crippen molar-refractivity contribution in [2.45, 2.75) is 75.5 Å². The molecule has 214 valence electrons. The zero-order valence-corrected chi connectivity index (χ0v) is 23.6. The number of carbonyl (C=O) groups excluding carboxylic acids is 2. The highest BCUT2D eigenvalue weighted by molar-refractivity contribution is 6.08. The third-order valence-corrected chi connectivity index (χ3v) is 8.93. The number of hydrogen-bond acceptors (Lipinski definition) is 6. The molecule has 4 N–H and O–H groups in total. The van der Waals surface area contributed by atoms with Crippen LogP contribution < -0.4 is 21.3 Å². The van der Waals surface area contributed by atoms with Crippen LogP contribution in [-0.2, 0) is 0 Å². The van der Waals surface area contributed by atoms with E-state index in [0.717, 1.165) is 35.6 Å². The molecular weight excluding hydrogens is 524 g/mol. The summed E-state index contributed by atoms with van der Waals surface area (Å²) in [5, 5.41) is 13.0. The highest BCUT2D eigenvalue weighted by atomic mass is 16.2. The maximum absolute atomic E-state index is 12.9. The van der Waals surface area contributed by atoms with Gasteiger partial charge >= 0.3 is 0 Å². The number of nitrogens with zero attached hydrogens (tertiary/aromatic N) is 2. The lowest BCUT2D eigenvalue weighted by Gasteiger charge is -2.23. The third-order valence-electron chi connectivity index (χ3n) is 8.93. The van der Waals surface area contributed by atoms with Crippen molar-refractivity contribution < 1.29 is 9.59 Å². The summed E-state index contributed by atoms with van der Waals surface area (Å²) in [5.41, 5.74) is 4.46. The van der Waals surface area contributed by atoms with E-state index in [9.17, 15) is 9.59 Å². The van der Waals surface area contributed by atoms with Gasteiger partial charge in [0.15, 0.2) is 0 Å². The van der Waals surface area contributed by atoms with Crippen LogP contribution in [0.3, 0.4) is 0 Å². The number of rotatable bonds is 6. The minimum Gasteiger partial charge on any atom is -0.365 e. The molecule has 2 aliphatic carbocycles. The van der Waals surface area contributed by atoms with E-state index in [0.29, 0.717) is 46.7 Å². The molecule has 0 spiro atoms. The van der Waals surface area contributed by atoms with Gasteiger partial charge in [-0.05, 0) is 98.5 Å². The molecule has 0 saturated heterocycles. The number of amidine groups is 2. The van der Waals surface area contributed by atoms with Crippen LogP contribution in [0, 0.1) is 0 Å². The highest BCUT2D eigenvalue weighted by Gasteiger charge is 2.32. The zero-order valence-electron chi connectivity index (χ0n) is 23.6. The Morgan fingerprint density at radius 1 is 0.548 bits per heavy atom. The minimum atomic E-state index is -0.226. The van der Waals surface area contributed by atoms with Crippen LogP contribution in [0.25, 0.3) is 0 Å². The van der Waals surface area contributed by atoms with Crippen molar-refractivity contribution in [2.24, 2.45) is 9.98 Å². The number of hydrogen-bond donors (Lipinski definition) is 4. The van der Waals surface area contributed by atoms with E-state index in [1.54, 1.807) is 24.3 Å². The lowest BCUT2D eigenvalue weighted by atomic mass is 9.92. The standard InChI is InChI=1S/C34H36N6O2/c41-33(35-25-17-13-21(14-18-25)31-37-27-5-1-2-6-28(27)38-31)23-9-11-24(12-10-23)34(42)36-26-19-15-22(16-20-26)32-39-29-7-3-4-8-30(29)40-32/h9-20,27-30H,1-8H2,(H,35,41)(H,36,42)(H,37,38)(H,39,40)/t27-,28-,29-,30+/m1/s1. The molecule has 0 bridgehead atoms. The summed E-state index contributed by atoms with van der Waals surface area (Å²) in [6.07, 6.45) is 9.67. The lowest BCUT2D eigenvalue weighted by Crippen LogP contribution is -2.36. The van der Waals surface area contributed by atoms with E-state index in [2.05, 4.69) is 21.3 Å². The Balaban J connectivity index is 0.930. The summed E-state index contributed by atoms with van der Waals surface area (Å²) in [6, 6.07) is 23.9. The Kier molecular flexibility index (Phi) is 7.20. The predicted octanol–water partition coefficient (Wildman–Crippen LogP) is 5.51. The Bertz CT molecular complexity index is 1410. The first-order chi connectivity index (χ1) is 20.6. The van der Waals surface area contributed by atoms with Gasteiger partial charge in [0.2, 0.25) is 0 Å². The normalized spacial score (nSPS) is 24.3. The second kappa shape index (κ2) is 11.4. The Labute approximate surface area is 246 Å². The van der Waals surface area contributed by atoms with Crippen molar-refractivity contribution in [3.8, 4) is 0 Å². The summed E-state index contributed by atoms with van der Waals surface area (Å²) in [5.74, 6) is 1.45. The van der Waals surface area contributed by atoms with Crippen molar-refractivity contribution in [2.75, 3.05) is 10.6 Å². The lowest BCUT2D eigenvalue weighted by molar-refractivity contribution is 0.101. The molecule has 0 aromatic heterocycles. The van der Waals surface area contributed by atoms with E-state index < -0.39 is 0 Å². The number of carbonyl (C=O) groups is 2. The molecule has 0 unspecified atom stereocenters. The van der Waals surface area contributed by atoms with Gasteiger partial charge in [-0.25, -0.2) is 0 Å². The molecule has 2 fully saturated rings. The zero-order chi connectivity index (χ0) is 28.5. The van der Waals surface area contributed by atoms with Crippen molar-refractivity contribution >= 4 is 34.9 Å². The molecule has 4 atom stereocenters. The van der Waals surface area contributed by atoms with Crippen LogP contribution in [0.15, 0.2) is 82.8 Å². The van der Waals surface area contributed by atoms with Gasteiger partial charge < -0.3 is 21.3 Å². The van der Waals surface area contributed by atoms with Gasteiger partial charge in [0.05, 0.1) is 12.1 Å². The summed E-state index contributed by atoms with van der Waals surface area (Å²) in [4.78, 5) is 35.5. The van der Waals surface area contributed by atoms with Crippen LogP contribution in [0.4, 0.5) is 11.4 Å². The number of anilines is 2. The minimum absolute atomic E-state index is 0.226. The fourth-order valence-electron chi connectivity index (χ4n) is 6.54. The molecule has 0 radical (unpaired) electrons. The Morgan fingerprint density at radius 3 is 1.31 bits per heavy atom. The quantitative estimate of drug-likeness (QED) is 0.319. The fourth-order valence-corrected chi connectivity index (χ4v) is 6.54. The van der Waals surface area contributed by atoms with Crippen molar-refractivity contribution in [3.05, 3.63) is 95.1 Å². The second-order valence-electron chi connectivity index (χ2n) is 11.8. The summed E-state index contributed by atoms with van der Waals surface area (Å²) in [6.45, 7) is 0. The van der Waals surface area contributed by atoms with Gasteiger partial charge in [-0.1, -0.05) is 25.7 Å². The first-order valence-corrected chi connectivity index (χ1v) is 15.2. The van der Waals surface area contributed by atoms with Gasteiger partial charge in [-0.3, -0.25) is 19.6 Å². The Morgan fingerprint density at radius 2 is 0.929 bits per heavy atom. The van der Waals surface area contributed by atoms with Crippen LogP contribution in [0.2, 0.25) is 0 Å². The fraction of sp³-hybridized carbons (Fsp3) is 0.353. The number of fused-ring (bicyclic) bond motifs is 2. The van der Waals surface area contributed by atoms with Crippen molar-refractivity contribution in [3.63, 3.8) is 0 Å². The molecule has 7 rings (SSSR count). The monoisotopic (exact) mass is 560 g/mol. The van der Waals surface area contributed by atoms with E-state index in [-0.39, 0.29) is 11.8 Å². The molecule has 8 nitrogen and oxygen atoms in total.